The number of ether oxygens (including phenoxy) is 1. The molecule has 10 heteroatoms. The number of benzene rings is 1. The van der Waals surface area contributed by atoms with E-state index in [-0.39, 0.29) is 11.4 Å². The van der Waals surface area contributed by atoms with E-state index >= 15 is 0 Å². The average molecular weight is 397 g/mol. The summed E-state index contributed by atoms with van der Waals surface area (Å²) in [5.74, 6) is -0.503. The molecule has 1 aromatic heterocycles. The van der Waals surface area contributed by atoms with Crippen LogP contribution in [0, 0.1) is 0 Å². The zero-order valence-corrected chi connectivity index (χ0v) is 15.4. The number of hydrogen-bond donors (Lipinski definition) is 2. The van der Waals surface area contributed by atoms with Gasteiger partial charge in [0.2, 0.25) is 10.0 Å². The van der Waals surface area contributed by atoms with Gasteiger partial charge in [-0.3, -0.25) is 19.4 Å². The van der Waals surface area contributed by atoms with Crippen molar-refractivity contribution in [2.24, 2.45) is 0 Å². The Balaban J connectivity index is 2.13. The Kier molecular flexibility index (Phi) is 7.22. The van der Waals surface area contributed by atoms with Crippen LogP contribution in [0.5, 0.6) is 5.75 Å². The first-order chi connectivity index (χ1) is 12.9. The molecule has 0 bridgehead atoms. The topological polar surface area (TPSA) is 109 Å². The number of carbonyl (C=O) groups is 1. The van der Waals surface area contributed by atoms with Crippen LogP contribution in [-0.4, -0.2) is 49.4 Å². The molecule has 1 atom stereocenters. The molecule has 0 saturated heterocycles. The van der Waals surface area contributed by atoms with E-state index in [0.717, 1.165) is 0 Å². The molecule has 2 N–H and O–H groups in total. The standard InChI is InChI=1S/C17H20FN3O5S/c1-26-14-4-6-15(7-5-14)27(24,25)20-16(8-9-18)17(22)21(23)12-13-3-2-10-19-11-13/h2-7,10-11,16,20,23H,8-9,12H2,1H3/t16-/m0/s1. The first-order valence-electron chi connectivity index (χ1n) is 7.99. The van der Waals surface area contributed by atoms with Crippen molar-refractivity contribution < 1.29 is 27.5 Å². The van der Waals surface area contributed by atoms with Crippen molar-refractivity contribution in [3.63, 3.8) is 0 Å². The van der Waals surface area contributed by atoms with Gasteiger partial charge in [-0.2, -0.15) is 4.72 Å². The third kappa shape index (κ3) is 5.71. The zero-order valence-electron chi connectivity index (χ0n) is 14.6. The summed E-state index contributed by atoms with van der Waals surface area (Å²) in [6, 6.07) is 7.29. The first-order valence-corrected chi connectivity index (χ1v) is 9.47. The van der Waals surface area contributed by atoms with Gasteiger partial charge >= 0.3 is 0 Å². The number of pyridine rings is 1. The molecule has 2 rings (SSSR count). The van der Waals surface area contributed by atoms with Gasteiger partial charge in [0.15, 0.2) is 0 Å². The number of rotatable bonds is 9. The summed E-state index contributed by atoms with van der Waals surface area (Å²) in [6.45, 7) is -1.15. The van der Waals surface area contributed by atoms with E-state index in [9.17, 15) is 22.8 Å². The minimum atomic E-state index is -4.10. The minimum absolute atomic E-state index is 0.114. The molecular formula is C17H20FN3O5S. The normalized spacial score (nSPS) is 12.4. The summed E-state index contributed by atoms with van der Waals surface area (Å²) in [6.07, 6.45) is 2.56. The lowest BCUT2D eigenvalue weighted by Gasteiger charge is -2.22. The van der Waals surface area contributed by atoms with E-state index in [1.807, 2.05) is 0 Å². The van der Waals surface area contributed by atoms with Crippen molar-refractivity contribution in [3.8, 4) is 5.75 Å². The molecule has 2 aromatic rings. The number of alkyl halides is 1. The SMILES string of the molecule is COc1ccc(S(=O)(=O)N[C@@H](CCF)C(=O)N(O)Cc2cccnc2)cc1. The summed E-state index contributed by atoms with van der Waals surface area (Å²) in [5.41, 5.74) is 0.533. The highest BCUT2D eigenvalue weighted by molar-refractivity contribution is 7.89. The smallest absolute Gasteiger partial charge is 0.264 e. The van der Waals surface area contributed by atoms with Gasteiger partial charge in [-0.15, -0.1) is 0 Å². The molecule has 1 amide bonds. The fourth-order valence-electron chi connectivity index (χ4n) is 2.27. The van der Waals surface area contributed by atoms with Crippen molar-refractivity contribution in [1.29, 1.82) is 0 Å². The number of nitrogens with zero attached hydrogens (tertiary/aromatic N) is 2. The molecule has 0 spiro atoms. The van der Waals surface area contributed by atoms with Crippen LogP contribution in [0.25, 0.3) is 0 Å². The lowest BCUT2D eigenvalue weighted by atomic mass is 10.2. The summed E-state index contributed by atoms with van der Waals surface area (Å²) >= 11 is 0. The van der Waals surface area contributed by atoms with Crippen LogP contribution >= 0.6 is 0 Å². The van der Waals surface area contributed by atoms with Crippen LogP contribution in [-0.2, 0) is 21.4 Å². The Morgan fingerprint density at radius 3 is 2.59 bits per heavy atom. The number of amides is 1. The molecule has 8 nitrogen and oxygen atoms in total. The first kappa shape index (κ1) is 20.7. The van der Waals surface area contributed by atoms with Gasteiger partial charge in [0, 0.05) is 18.8 Å². The van der Waals surface area contributed by atoms with Gasteiger partial charge < -0.3 is 4.74 Å². The van der Waals surface area contributed by atoms with Gasteiger partial charge in [-0.25, -0.2) is 13.5 Å². The fourth-order valence-corrected chi connectivity index (χ4v) is 3.50. The predicted molar refractivity (Wildman–Crippen MR) is 94.3 cm³/mol. The van der Waals surface area contributed by atoms with Crippen LogP contribution in [0.3, 0.4) is 0 Å². The van der Waals surface area contributed by atoms with Gasteiger partial charge in [0.05, 0.1) is 25.2 Å². The molecule has 1 aromatic carbocycles. The molecule has 146 valence electrons. The highest BCUT2D eigenvalue weighted by atomic mass is 32.2. The predicted octanol–water partition coefficient (Wildman–Crippen LogP) is 1.51. The number of hydrogen-bond acceptors (Lipinski definition) is 6. The molecule has 0 radical (unpaired) electrons. The van der Waals surface area contributed by atoms with E-state index in [4.69, 9.17) is 4.74 Å². The maximum absolute atomic E-state index is 12.9. The van der Waals surface area contributed by atoms with Gasteiger partial charge in [0.1, 0.15) is 11.8 Å². The van der Waals surface area contributed by atoms with E-state index in [2.05, 4.69) is 9.71 Å². The molecule has 1 heterocycles. The molecule has 0 aliphatic heterocycles. The highest BCUT2D eigenvalue weighted by Gasteiger charge is 2.29. The number of carbonyl (C=O) groups excluding carboxylic acids is 1. The van der Waals surface area contributed by atoms with Crippen molar-refractivity contribution >= 4 is 15.9 Å². The third-order valence-electron chi connectivity index (χ3n) is 3.67. The number of hydroxylamine groups is 2. The van der Waals surface area contributed by atoms with Crippen molar-refractivity contribution in [2.45, 2.75) is 23.9 Å². The lowest BCUT2D eigenvalue weighted by Crippen LogP contribution is -2.47. The van der Waals surface area contributed by atoms with Gasteiger partial charge in [-0.05, 0) is 35.9 Å². The minimum Gasteiger partial charge on any atom is -0.497 e. The highest BCUT2D eigenvalue weighted by Crippen LogP contribution is 2.16. The fraction of sp³-hybridized carbons (Fsp3) is 0.294. The van der Waals surface area contributed by atoms with E-state index in [1.54, 1.807) is 12.1 Å². The van der Waals surface area contributed by atoms with Crippen LogP contribution in [0.2, 0.25) is 0 Å². The second-order valence-electron chi connectivity index (χ2n) is 5.58. The van der Waals surface area contributed by atoms with E-state index < -0.39 is 35.1 Å². The average Bonchev–Trinajstić information content (AvgIpc) is 2.67. The molecule has 0 aliphatic carbocycles. The Morgan fingerprint density at radius 2 is 2.04 bits per heavy atom. The third-order valence-corrected chi connectivity index (χ3v) is 5.16. The van der Waals surface area contributed by atoms with Crippen molar-refractivity contribution in [2.75, 3.05) is 13.8 Å². The maximum atomic E-state index is 12.9. The number of halogens is 1. The Labute approximate surface area is 156 Å². The maximum Gasteiger partial charge on any atom is 0.264 e. The van der Waals surface area contributed by atoms with Crippen molar-refractivity contribution in [3.05, 3.63) is 54.4 Å². The lowest BCUT2D eigenvalue weighted by molar-refractivity contribution is -0.170. The van der Waals surface area contributed by atoms with Crippen LogP contribution < -0.4 is 9.46 Å². The van der Waals surface area contributed by atoms with E-state index in [1.165, 1.54) is 43.8 Å². The van der Waals surface area contributed by atoms with Gasteiger partial charge in [0.25, 0.3) is 5.91 Å². The van der Waals surface area contributed by atoms with Gasteiger partial charge in [-0.1, -0.05) is 6.07 Å². The molecule has 0 unspecified atom stereocenters. The quantitative estimate of drug-likeness (QED) is 0.490. The molecule has 0 fully saturated rings. The molecule has 0 aliphatic rings. The van der Waals surface area contributed by atoms with Crippen molar-refractivity contribution in [1.82, 2.24) is 14.8 Å². The summed E-state index contributed by atoms with van der Waals surface area (Å²) < 4.78 is 44.9. The van der Waals surface area contributed by atoms with E-state index in [0.29, 0.717) is 16.4 Å². The number of nitrogens with one attached hydrogen (secondary N) is 1. The van der Waals surface area contributed by atoms with Crippen LogP contribution in [0.4, 0.5) is 4.39 Å². The Morgan fingerprint density at radius 1 is 1.33 bits per heavy atom. The molecule has 27 heavy (non-hydrogen) atoms. The largest absolute Gasteiger partial charge is 0.497 e. The number of methoxy groups -OCH3 is 1. The molecular weight excluding hydrogens is 377 g/mol. The monoisotopic (exact) mass is 397 g/mol. The van der Waals surface area contributed by atoms with Crippen LogP contribution in [0.1, 0.15) is 12.0 Å². The Bertz CT molecular complexity index is 847. The Hall–Kier alpha value is -2.56. The summed E-state index contributed by atoms with van der Waals surface area (Å²) in [4.78, 5) is 16.1. The number of aromatic nitrogens is 1. The summed E-state index contributed by atoms with van der Waals surface area (Å²) in [5, 5.41) is 10.3. The zero-order chi connectivity index (χ0) is 19.9. The number of sulfonamides is 1. The molecule has 0 saturated carbocycles. The second-order valence-corrected chi connectivity index (χ2v) is 7.30. The second kappa shape index (κ2) is 9.40. The summed E-state index contributed by atoms with van der Waals surface area (Å²) in [7, 11) is -2.66. The van der Waals surface area contributed by atoms with Crippen LogP contribution in [0.15, 0.2) is 53.7 Å².